The molecule has 2 nitrogen and oxygen atoms in total. The molecular weight excluding hydrogens is 160 g/mol. The maximum Gasteiger partial charge on any atom is 0.0895 e. The maximum absolute atomic E-state index is 2.59. The van der Waals surface area contributed by atoms with Crippen molar-refractivity contribution in [2.45, 2.75) is 19.8 Å². The number of likely N-dealkylation sites (tertiary alicyclic amines) is 2. The highest BCUT2D eigenvalue weighted by atomic mass is 15.4. The Bertz CT molecular complexity index is 180. The zero-order valence-corrected chi connectivity index (χ0v) is 9.34. The van der Waals surface area contributed by atoms with Crippen LogP contribution in [0.4, 0.5) is 0 Å². The van der Waals surface area contributed by atoms with E-state index in [1.54, 1.807) is 0 Å². The minimum absolute atomic E-state index is 0.745. The van der Waals surface area contributed by atoms with E-state index in [1.165, 1.54) is 50.0 Å². The van der Waals surface area contributed by atoms with E-state index in [-0.39, 0.29) is 0 Å². The lowest BCUT2D eigenvalue weighted by atomic mass is 9.71. The Morgan fingerprint density at radius 3 is 2.08 bits per heavy atom. The first-order chi connectivity index (χ1) is 6.05. The van der Waals surface area contributed by atoms with Gasteiger partial charge in [0.05, 0.1) is 32.6 Å². The number of nitrogens with zero attached hydrogens (tertiary/aromatic N) is 2. The van der Waals surface area contributed by atoms with Gasteiger partial charge in [0.25, 0.3) is 0 Å². The van der Waals surface area contributed by atoms with E-state index in [0.717, 1.165) is 5.41 Å². The molecule has 0 bridgehead atoms. The van der Waals surface area contributed by atoms with Gasteiger partial charge in [0.15, 0.2) is 0 Å². The van der Waals surface area contributed by atoms with E-state index < -0.39 is 0 Å². The Morgan fingerprint density at radius 2 is 1.69 bits per heavy atom. The summed E-state index contributed by atoms with van der Waals surface area (Å²) >= 11 is 0. The molecular formula is C11H23N2+. The molecule has 0 atom stereocenters. The zero-order chi connectivity index (χ0) is 9.53. The van der Waals surface area contributed by atoms with Crippen molar-refractivity contribution in [1.29, 1.82) is 0 Å². The first-order valence-corrected chi connectivity index (χ1v) is 5.60. The van der Waals surface area contributed by atoms with E-state index in [4.69, 9.17) is 0 Å². The third-order valence-electron chi connectivity index (χ3n) is 3.89. The van der Waals surface area contributed by atoms with Crippen molar-refractivity contribution in [1.82, 2.24) is 4.90 Å². The van der Waals surface area contributed by atoms with E-state index in [9.17, 15) is 0 Å². The molecule has 0 unspecified atom stereocenters. The molecule has 0 amide bonds. The van der Waals surface area contributed by atoms with Crippen LogP contribution in [0.5, 0.6) is 0 Å². The van der Waals surface area contributed by atoms with Crippen molar-refractivity contribution >= 4 is 0 Å². The monoisotopic (exact) mass is 183 g/mol. The van der Waals surface area contributed by atoms with Crippen LogP contribution < -0.4 is 0 Å². The Balaban J connectivity index is 1.86. The van der Waals surface area contributed by atoms with Crippen LogP contribution in [0.3, 0.4) is 0 Å². The van der Waals surface area contributed by atoms with Crippen LogP contribution in [0.25, 0.3) is 0 Å². The Kier molecular flexibility index (Phi) is 2.16. The predicted octanol–water partition coefficient (Wildman–Crippen LogP) is 1.18. The van der Waals surface area contributed by atoms with Gasteiger partial charge in [-0.1, -0.05) is 6.92 Å². The largest absolute Gasteiger partial charge is 0.327 e. The summed E-state index contributed by atoms with van der Waals surface area (Å²) in [5.74, 6) is 0. The lowest BCUT2D eigenvalue weighted by Gasteiger charge is -2.56. The number of rotatable bonds is 1. The number of quaternary nitrogens is 1. The molecule has 0 N–H and O–H groups in total. The van der Waals surface area contributed by atoms with Crippen molar-refractivity contribution in [2.75, 3.05) is 46.8 Å². The molecule has 0 radical (unpaired) electrons. The highest BCUT2D eigenvalue weighted by Gasteiger charge is 2.51. The summed E-state index contributed by atoms with van der Waals surface area (Å²) in [6.07, 6.45) is 2.89. The second kappa shape index (κ2) is 2.96. The van der Waals surface area contributed by atoms with Crippen LogP contribution in [-0.4, -0.2) is 56.2 Å². The summed E-state index contributed by atoms with van der Waals surface area (Å²) in [4.78, 5) is 2.59. The molecule has 2 heteroatoms. The number of hydrogen-bond donors (Lipinski definition) is 0. The molecule has 0 saturated carbocycles. The first kappa shape index (κ1) is 9.47. The molecule has 0 aromatic heterocycles. The molecule has 13 heavy (non-hydrogen) atoms. The van der Waals surface area contributed by atoms with E-state index in [0.29, 0.717) is 0 Å². The van der Waals surface area contributed by atoms with Gasteiger partial charge in [-0.2, -0.15) is 0 Å². The average Bonchev–Trinajstić information content (AvgIpc) is 2.02. The molecule has 2 aliphatic rings. The standard InChI is InChI=1S/C11H23N2/c1-4-12-7-5-11(6-8-12)9-13(2,3)10-11/h4-10H2,1-3H3/q+1. The first-order valence-electron chi connectivity index (χ1n) is 5.60. The van der Waals surface area contributed by atoms with Crippen molar-refractivity contribution in [3.63, 3.8) is 0 Å². The molecule has 2 rings (SSSR count). The van der Waals surface area contributed by atoms with Gasteiger partial charge in [0, 0.05) is 0 Å². The molecule has 76 valence electrons. The summed E-state index contributed by atoms with van der Waals surface area (Å²) in [5, 5.41) is 0. The Labute approximate surface area is 82.1 Å². The summed E-state index contributed by atoms with van der Waals surface area (Å²) in [6.45, 7) is 9.05. The lowest BCUT2D eigenvalue weighted by Crippen LogP contribution is -2.67. The molecule has 1 spiro atoms. The van der Waals surface area contributed by atoms with Gasteiger partial charge >= 0.3 is 0 Å². The van der Waals surface area contributed by atoms with Gasteiger partial charge < -0.3 is 9.38 Å². The van der Waals surface area contributed by atoms with E-state index in [2.05, 4.69) is 25.9 Å². The molecule has 0 aliphatic carbocycles. The normalized spacial score (nSPS) is 31.6. The topological polar surface area (TPSA) is 3.24 Å². The smallest absolute Gasteiger partial charge is 0.0895 e. The molecule has 2 aliphatic heterocycles. The van der Waals surface area contributed by atoms with Crippen LogP contribution in [0.1, 0.15) is 19.8 Å². The van der Waals surface area contributed by atoms with Gasteiger partial charge in [-0.3, -0.25) is 0 Å². The zero-order valence-electron chi connectivity index (χ0n) is 9.34. The summed E-state index contributed by atoms with van der Waals surface area (Å²) in [6, 6.07) is 0. The fraction of sp³-hybridized carbons (Fsp3) is 1.00. The second-order valence-electron chi connectivity index (χ2n) is 5.69. The van der Waals surface area contributed by atoms with Crippen molar-refractivity contribution in [3.8, 4) is 0 Å². The predicted molar refractivity (Wildman–Crippen MR) is 55.6 cm³/mol. The maximum atomic E-state index is 2.59. The minimum atomic E-state index is 0.745. The fourth-order valence-corrected chi connectivity index (χ4v) is 3.43. The third-order valence-corrected chi connectivity index (χ3v) is 3.89. The number of piperidine rings is 1. The summed E-state index contributed by atoms with van der Waals surface area (Å²) in [7, 11) is 4.72. The van der Waals surface area contributed by atoms with Gasteiger partial charge in [0.2, 0.25) is 0 Å². The van der Waals surface area contributed by atoms with Crippen LogP contribution in [0.15, 0.2) is 0 Å². The summed E-state index contributed by atoms with van der Waals surface area (Å²) in [5.41, 5.74) is 0.745. The lowest BCUT2D eigenvalue weighted by molar-refractivity contribution is -0.951. The van der Waals surface area contributed by atoms with Gasteiger partial charge in [-0.15, -0.1) is 0 Å². The van der Waals surface area contributed by atoms with Gasteiger partial charge in [-0.25, -0.2) is 0 Å². The molecule has 2 saturated heterocycles. The molecule has 2 heterocycles. The van der Waals surface area contributed by atoms with Gasteiger partial charge in [-0.05, 0) is 32.5 Å². The third kappa shape index (κ3) is 1.75. The molecule has 0 aromatic rings. The second-order valence-corrected chi connectivity index (χ2v) is 5.69. The van der Waals surface area contributed by atoms with Crippen LogP contribution >= 0.6 is 0 Å². The summed E-state index contributed by atoms with van der Waals surface area (Å²) < 4.78 is 1.26. The van der Waals surface area contributed by atoms with E-state index >= 15 is 0 Å². The highest BCUT2D eigenvalue weighted by molar-refractivity contribution is 4.90. The molecule has 0 aromatic carbocycles. The van der Waals surface area contributed by atoms with Crippen LogP contribution in [-0.2, 0) is 0 Å². The average molecular weight is 183 g/mol. The minimum Gasteiger partial charge on any atom is -0.327 e. The fourth-order valence-electron chi connectivity index (χ4n) is 3.43. The SMILES string of the molecule is CCN1CCC2(CC1)C[N+](C)(C)C2. The van der Waals surface area contributed by atoms with Crippen LogP contribution in [0, 0.1) is 5.41 Å². The molecule has 2 fully saturated rings. The van der Waals surface area contributed by atoms with E-state index in [1.807, 2.05) is 0 Å². The quantitative estimate of drug-likeness (QED) is 0.552. The Morgan fingerprint density at radius 1 is 1.15 bits per heavy atom. The van der Waals surface area contributed by atoms with Crippen molar-refractivity contribution < 1.29 is 4.48 Å². The van der Waals surface area contributed by atoms with Crippen molar-refractivity contribution in [3.05, 3.63) is 0 Å². The number of hydrogen-bond acceptors (Lipinski definition) is 1. The highest BCUT2D eigenvalue weighted by Crippen LogP contribution is 2.42. The van der Waals surface area contributed by atoms with Crippen molar-refractivity contribution in [2.24, 2.45) is 5.41 Å². The Hall–Kier alpha value is -0.0800. The van der Waals surface area contributed by atoms with Crippen LogP contribution in [0.2, 0.25) is 0 Å². The van der Waals surface area contributed by atoms with Gasteiger partial charge in [0.1, 0.15) is 0 Å².